The lowest BCUT2D eigenvalue weighted by Gasteiger charge is -2.36. The highest BCUT2D eigenvalue weighted by Gasteiger charge is 2.40. The molecule has 2 aliphatic heterocycles. The Morgan fingerprint density at radius 3 is 3.25 bits per heavy atom. The summed E-state index contributed by atoms with van der Waals surface area (Å²) in [6.07, 6.45) is 4.37. The van der Waals surface area contributed by atoms with Gasteiger partial charge in [-0.15, -0.1) is 0 Å². The Labute approximate surface area is 119 Å². The molecule has 0 aromatic carbocycles. The van der Waals surface area contributed by atoms with Gasteiger partial charge in [0.25, 0.3) is 0 Å². The summed E-state index contributed by atoms with van der Waals surface area (Å²) in [7, 11) is 0. The molecule has 0 amide bonds. The first-order valence-corrected chi connectivity index (χ1v) is 7.47. The van der Waals surface area contributed by atoms with Gasteiger partial charge >= 0.3 is 0 Å². The summed E-state index contributed by atoms with van der Waals surface area (Å²) in [6, 6.07) is 1.97. The molecule has 0 spiro atoms. The van der Waals surface area contributed by atoms with Crippen LogP contribution in [-0.2, 0) is 4.74 Å². The van der Waals surface area contributed by atoms with Gasteiger partial charge in [-0.2, -0.15) is 0 Å². The number of hydrogen-bond acceptors (Lipinski definition) is 7. The monoisotopic (exact) mass is 290 g/mol. The molecule has 4 rings (SSSR count). The highest BCUT2D eigenvalue weighted by atomic mass is 32.2. The van der Waals surface area contributed by atoms with Crippen molar-refractivity contribution in [2.75, 3.05) is 13.2 Å². The van der Waals surface area contributed by atoms with Crippen LogP contribution in [0.1, 0.15) is 17.6 Å². The maximum absolute atomic E-state index is 5.94. The lowest BCUT2D eigenvalue weighted by Crippen LogP contribution is -2.39. The van der Waals surface area contributed by atoms with Crippen molar-refractivity contribution in [3.8, 4) is 0 Å². The van der Waals surface area contributed by atoms with Gasteiger partial charge in [0.2, 0.25) is 5.89 Å². The van der Waals surface area contributed by atoms with Gasteiger partial charge in [0.15, 0.2) is 10.8 Å². The average Bonchev–Trinajstić information content (AvgIpc) is 2.90. The van der Waals surface area contributed by atoms with Crippen LogP contribution in [0.15, 0.2) is 27.9 Å². The first-order valence-electron chi connectivity index (χ1n) is 6.59. The van der Waals surface area contributed by atoms with E-state index in [1.54, 1.807) is 12.4 Å². The van der Waals surface area contributed by atoms with Crippen LogP contribution in [0, 0.1) is 5.92 Å². The van der Waals surface area contributed by atoms with E-state index in [0.717, 1.165) is 18.5 Å². The number of aliphatic imine (C=N–C) groups is 1. The van der Waals surface area contributed by atoms with E-state index in [0.29, 0.717) is 29.2 Å². The van der Waals surface area contributed by atoms with Gasteiger partial charge in [-0.3, -0.25) is 9.98 Å². The minimum atomic E-state index is 0.105. The molecule has 4 heterocycles. The Hall–Kier alpha value is -1.60. The molecule has 1 fully saturated rings. The molecule has 0 radical (unpaired) electrons. The summed E-state index contributed by atoms with van der Waals surface area (Å²) in [5.41, 5.74) is 7.49. The number of thioether (sulfide) groups is 1. The first kappa shape index (κ1) is 12.2. The summed E-state index contributed by atoms with van der Waals surface area (Å²) in [4.78, 5) is 13.1. The fraction of sp³-hybridized carbons (Fsp3) is 0.462. The molecule has 104 valence electrons. The summed E-state index contributed by atoms with van der Waals surface area (Å²) in [6.45, 7) is 1.39. The van der Waals surface area contributed by atoms with Crippen LogP contribution < -0.4 is 5.73 Å². The summed E-state index contributed by atoms with van der Waals surface area (Å²) < 4.78 is 11.4. The highest BCUT2D eigenvalue weighted by molar-refractivity contribution is 8.14. The number of fused-ring (bicyclic) bond motifs is 2. The van der Waals surface area contributed by atoms with Crippen LogP contribution >= 0.6 is 11.8 Å². The second-order valence-electron chi connectivity index (χ2n) is 5.00. The number of ether oxygens (including phenoxy) is 1. The van der Waals surface area contributed by atoms with Crippen molar-refractivity contribution in [1.82, 2.24) is 9.97 Å². The molecule has 20 heavy (non-hydrogen) atoms. The SMILES string of the molecule is NC1=NC2COCCC2C(c2nc3ccncc3o2)S1. The minimum absolute atomic E-state index is 0.105. The average molecular weight is 290 g/mol. The number of nitrogens with zero attached hydrogens (tertiary/aromatic N) is 3. The Bertz CT molecular complexity index is 638. The van der Waals surface area contributed by atoms with Crippen molar-refractivity contribution in [3.05, 3.63) is 24.4 Å². The van der Waals surface area contributed by atoms with E-state index in [1.807, 2.05) is 6.07 Å². The summed E-state index contributed by atoms with van der Waals surface area (Å²) in [5, 5.41) is 0.691. The number of nitrogens with two attached hydrogens (primary N) is 1. The van der Waals surface area contributed by atoms with Crippen molar-refractivity contribution in [2.24, 2.45) is 16.6 Å². The standard InChI is InChI=1S/C13H14N4O2S/c14-13-17-9-6-18-4-2-7(9)11(20-13)12-16-8-1-3-15-5-10(8)19-12/h1,3,5,7,9,11H,2,4,6H2,(H2,14,17). The predicted octanol–water partition coefficient (Wildman–Crippen LogP) is 1.73. The van der Waals surface area contributed by atoms with E-state index in [9.17, 15) is 0 Å². The van der Waals surface area contributed by atoms with E-state index < -0.39 is 0 Å². The van der Waals surface area contributed by atoms with Crippen molar-refractivity contribution < 1.29 is 9.15 Å². The third-order valence-corrected chi connectivity index (χ3v) is 4.91. The van der Waals surface area contributed by atoms with Crippen LogP contribution in [0.3, 0.4) is 0 Å². The molecule has 2 aliphatic rings. The lowest BCUT2D eigenvalue weighted by atomic mass is 9.91. The Morgan fingerprint density at radius 2 is 2.35 bits per heavy atom. The summed E-state index contributed by atoms with van der Waals surface area (Å²) in [5.74, 6) is 1.08. The Kier molecular flexibility index (Phi) is 2.89. The third-order valence-electron chi connectivity index (χ3n) is 3.76. The molecular weight excluding hydrogens is 276 g/mol. The number of amidine groups is 1. The van der Waals surface area contributed by atoms with Crippen LogP contribution in [0.4, 0.5) is 0 Å². The second-order valence-corrected chi connectivity index (χ2v) is 6.16. The van der Waals surface area contributed by atoms with Crippen LogP contribution in [-0.4, -0.2) is 34.4 Å². The summed E-state index contributed by atoms with van der Waals surface area (Å²) >= 11 is 1.54. The molecule has 3 unspecified atom stereocenters. The second kappa shape index (κ2) is 4.75. The fourth-order valence-electron chi connectivity index (χ4n) is 2.79. The molecule has 3 atom stereocenters. The van der Waals surface area contributed by atoms with Gasteiger partial charge in [0.1, 0.15) is 5.52 Å². The molecule has 0 bridgehead atoms. The topological polar surface area (TPSA) is 86.5 Å². The smallest absolute Gasteiger partial charge is 0.209 e. The van der Waals surface area contributed by atoms with Gasteiger partial charge in [0, 0.05) is 18.7 Å². The van der Waals surface area contributed by atoms with Gasteiger partial charge in [-0.05, 0) is 12.5 Å². The van der Waals surface area contributed by atoms with E-state index in [4.69, 9.17) is 14.9 Å². The zero-order valence-corrected chi connectivity index (χ0v) is 11.5. The number of rotatable bonds is 1. The first-order chi connectivity index (χ1) is 9.81. The largest absolute Gasteiger partial charge is 0.438 e. The maximum atomic E-state index is 5.94. The molecule has 0 saturated carbocycles. The highest BCUT2D eigenvalue weighted by Crippen LogP contribution is 2.45. The quantitative estimate of drug-likeness (QED) is 0.860. The molecular formula is C13H14N4O2S. The number of aromatic nitrogens is 2. The van der Waals surface area contributed by atoms with Gasteiger partial charge in [0.05, 0.1) is 24.1 Å². The van der Waals surface area contributed by atoms with Gasteiger partial charge in [-0.1, -0.05) is 11.8 Å². The normalized spacial score (nSPS) is 30.0. The van der Waals surface area contributed by atoms with Crippen molar-refractivity contribution in [1.29, 1.82) is 0 Å². The van der Waals surface area contributed by atoms with E-state index >= 15 is 0 Å². The van der Waals surface area contributed by atoms with Crippen molar-refractivity contribution in [2.45, 2.75) is 17.7 Å². The molecule has 2 N–H and O–H groups in total. The van der Waals surface area contributed by atoms with Crippen LogP contribution in [0.5, 0.6) is 0 Å². The molecule has 7 heteroatoms. The third kappa shape index (κ3) is 1.97. The zero-order chi connectivity index (χ0) is 13.5. The molecule has 2 aromatic rings. The van der Waals surface area contributed by atoms with Crippen LogP contribution in [0.25, 0.3) is 11.1 Å². The zero-order valence-electron chi connectivity index (χ0n) is 10.7. The lowest BCUT2D eigenvalue weighted by molar-refractivity contribution is 0.0466. The van der Waals surface area contributed by atoms with E-state index in [-0.39, 0.29) is 11.3 Å². The predicted molar refractivity (Wildman–Crippen MR) is 76.5 cm³/mol. The van der Waals surface area contributed by atoms with Crippen molar-refractivity contribution >= 4 is 28.0 Å². The molecule has 0 aliphatic carbocycles. The van der Waals surface area contributed by atoms with Gasteiger partial charge in [-0.25, -0.2) is 4.98 Å². The fourth-order valence-corrected chi connectivity index (χ4v) is 3.94. The number of hydrogen-bond donors (Lipinski definition) is 1. The maximum Gasteiger partial charge on any atom is 0.209 e. The molecule has 1 saturated heterocycles. The van der Waals surface area contributed by atoms with E-state index in [2.05, 4.69) is 15.0 Å². The van der Waals surface area contributed by atoms with E-state index in [1.165, 1.54) is 11.8 Å². The number of pyridine rings is 1. The van der Waals surface area contributed by atoms with Crippen molar-refractivity contribution in [3.63, 3.8) is 0 Å². The van der Waals surface area contributed by atoms with Gasteiger partial charge < -0.3 is 14.9 Å². The minimum Gasteiger partial charge on any atom is -0.438 e. The molecule has 2 aromatic heterocycles. The molecule has 6 nitrogen and oxygen atoms in total. The Morgan fingerprint density at radius 1 is 1.40 bits per heavy atom. The van der Waals surface area contributed by atoms with Crippen LogP contribution in [0.2, 0.25) is 0 Å². The Balaban J connectivity index is 1.74. The number of oxazole rings is 1.